The molecule has 0 bridgehead atoms. The summed E-state index contributed by atoms with van der Waals surface area (Å²) in [5, 5.41) is 8.03. The van der Waals surface area contributed by atoms with Gasteiger partial charge in [-0.25, -0.2) is 8.78 Å². The Kier molecular flexibility index (Phi) is 5.99. The first kappa shape index (κ1) is 23.2. The number of fused-ring (bicyclic) bond motifs is 1. The monoisotopic (exact) mass is 492 g/mol. The highest BCUT2D eigenvalue weighted by Gasteiger charge is 2.39. The highest BCUT2D eigenvalue weighted by atomic mass is 19.2. The molecule has 3 aromatic rings. The van der Waals surface area contributed by atoms with Gasteiger partial charge in [-0.3, -0.25) is 9.48 Å². The average molecular weight is 493 g/mol. The van der Waals surface area contributed by atoms with Crippen molar-refractivity contribution in [2.24, 2.45) is 5.92 Å². The lowest BCUT2D eigenvalue weighted by Crippen LogP contribution is -2.43. The number of nitrogens with zero attached hydrogens (tertiary/aromatic N) is 3. The number of benzene rings is 2. The first-order valence-corrected chi connectivity index (χ1v) is 12.9. The van der Waals surface area contributed by atoms with Gasteiger partial charge < -0.3 is 15.0 Å². The maximum atomic E-state index is 14.0. The lowest BCUT2D eigenvalue weighted by Gasteiger charge is -2.36. The van der Waals surface area contributed by atoms with Crippen molar-refractivity contribution in [3.05, 3.63) is 59.9 Å². The van der Waals surface area contributed by atoms with Gasteiger partial charge in [0.05, 0.1) is 17.9 Å². The predicted molar refractivity (Wildman–Crippen MR) is 133 cm³/mol. The van der Waals surface area contributed by atoms with Gasteiger partial charge in [-0.2, -0.15) is 5.10 Å². The minimum Gasteiger partial charge on any atom is -0.456 e. The first-order chi connectivity index (χ1) is 17.5. The zero-order valence-corrected chi connectivity index (χ0v) is 20.3. The third-order valence-electron chi connectivity index (χ3n) is 7.62. The minimum absolute atomic E-state index is 0.0928. The summed E-state index contributed by atoms with van der Waals surface area (Å²) in [6.07, 6.45) is 9.29. The Hall–Kier alpha value is -3.26. The van der Waals surface area contributed by atoms with Crippen molar-refractivity contribution in [1.29, 1.82) is 0 Å². The summed E-state index contributed by atoms with van der Waals surface area (Å²) in [6, 6.07) is 7.95. The van der Waals surface area contributed by atoms with Crippen LogP contribution in [0.25, 0.3) is 11.1 Å². The number of carbonyl (C=O) groups is 1. The predicted octanol–water partition coefficient (Wildman–Crippen LogP) is 5.62. The molecule has 6 nitrogen and oxygen atoms in total. The van der Waals surface area contributed by atoms with Crippen molar-refractivity contribution >= 4 is 11.6 Å². The fraction of sp³-hybridized carbons (Fsp3) is 0.429. The summed E-state index contributed by atoms with van der Waals surface area (Å²) in [5.74, 6) is -0.838. The molecule has 2 aliphatic heterocycles. The molecule has 8 heteroatoms. The van der Waals surface area contributed by atoms with E-state index >= 15 is 0 Å². The number of halogens is 2. The number of piperidine rings is 1. The van der Waals surface area contributed by atoms with E-state index in [0.29, 0.717) is 11.8 Å². The lowest BCUT2D eigenvalue weighted by molar-refractivity contribution is -0.120. The van der Waals surface area contributed by atoms with Crippen LogP contribution in [0.5, 0.6) is 11.5 Å². The van der Waals surface area contributed by atoms with Crippen molar-refractivity contribution in [3.63, 3.8) is 0 Å². The van der Waals surface area contributed by atoms with E-state index in [4.69, 9.17) is 4.74 Å². The van der Waals surface area contributed by atoms with Gasteiger partial charge in [0.1, 0.15) is 11.5 Å². The van der Waals surface area contributed by atoms with Crippen LogP contribution in [0.1, 0.15) is 50.6 Å². The molecular weight excluding hydrogens is 462 g/mol. The number of hydrogen-bond donors (Lipinski definition) is 1. The molecule has 188 valence electrons. The molecule has 2 fully saturated rings. The lowest BCUT2D eigenvalue weighted by atomic mass is 9.92. The molecule has 1 saturated carbocycles. The van der Waals surface area contributed by atoms with Crippen molar-refractivity contribution in [3.8, 4) is 22.6 Å². The van der Waals surface area contributed by atoms with Crippen molar-refractivity contribution in [2.75, 3.05) is 18.0 Å². The third-order valence-corrected chi connectivity index (χ3v) is 7.62. The van der Waals surface area contributed by atoms with E-state index in [1.165, 1.54) is 6.07 Å². The van der Waals surface area contributed by atoms with E-state index < -0.39 is 11.6 Å². The highest BCUT2D eigenvalue weighted by molar-refractivity contribution is 5.99. The van der Waals surface area contributed by atoms with Crippen LogP contribution in [-0.4, -0.2) is 34.8 Å². The normalized spacial score (nSPS) is 20.3. The average Bonchev–Trinajstić information content (AvgIpc) is 3.63. The first-order valence-electron chi connectivity index (χ1n) is 12.9. The fourth-order valence-corrected chi connectivity index (χ4v) is 5.42. The molecule has 1 aromatic heterocycles. The molecule has 3 aliphatic rings. The smallest absolute Gasteiger partial charge is 0.230 e. The van der Waals surface area contributed by atoms with Gasteiger partial charge in [-0.15, -0.1) is 0 Å². The molecule has 0 spiro atoms. The molecule has 1 amide bonds. The van der Waals surface area contributed by atoms with Crippen molar-refractivity contribution in [1.82, 2.24) is 15.1 Å². The van der Waals surface area contributed by atoms with Gasteiger partial charge in [-0.05, 0) is 82.8 Å². The second kappa shape index (κ2) is 9.32. The molecule has 3 heterocycles. The number of aromatic nitrogens is 2. The van der Waals surface area contributed by atoms with Crippen molar-refractivity contribution < 1.29 is 18.3 Å². The van der Waals surface area contributed by atoms with Crippen LogP contribution < -0.4 is 15.0 Å². The van der Waals surface area contributed by atoms with Crippen LogP contribution in [0.15, 0.2) is 42.7 Å². The molecule has 36 heavy (non-hydrogen) atoms. The summed E-state index contributed by atoms with van der Waals surface area (Å²) < 4.78 is 36.0. The molecule has 1 atom stereocenters. The van der Waals surface area contributed by atoms with Crippen LogP contribution in [0.3, 0.4) is 0 Å². The maximum absolute atomic E-state index is 14.0. The Balaban J connectivity index is 1.44. The van der Waals surface area contributed by atoms with Gasteiger partial charge >= 0.3 is 0 Å². The largest absolute Gasteiger partial charge is 0.456 e. The van der Waals surface area contributed by atoms with E-state index in [1.54, 1.807) is 0 Å². The van der Waals surface area contributed by atoms with Gasteiger partial charge in [0.2, 0.25) is 5.91 Å². The zero-order chi connectivity index (χ0) is 24.8. The Morgan fingerprint density at radius 3 is 2.61 bits per heavy atom. The maximum Gasteiger partial charge on any atom is 0.230 e. The number of carbonyl (C=O) groups excluding carboxylic acids is 1. The van der Waals surface area contributed by atoms with Crippen LogP contribution >= 0.6 is 0 Å². The molecule has 2 aromatic carbocycles. The van der Waals surface area contributed by atoms with Crippen molar-refractivity contribution in [2.45, 2.75) is 57.5 Å². The van der Waals surface area contributed by atoms with E-state index in [0.717, 1.165) is 86.1 Å². The number of rotatable bonds is 5. The molecule has 6 rings (SSSR count). The van der Waals surface area contributed by atoms with Gasteiger partial charge in [0.25, 0.3) is 0 Å². The second-order valence-electron chi connectivity index (χ2n) is 10.2. The summed E-state index contributed by atoms with van der Waals surface area (Å²) in [6.45, 7) is 4.01. The van der Waals surface area contributed by atoms with E-state index in [1.807, 2.05) is 34.1 Å². The molecule has 0 radical (unpaired) electrons. The minimum atomic E-state index is -0.961. The Morgan fingerprint density at radius 2 is 1.86 bits per heavy atom. The molecule has 1 unspecified atom stereocenters. The van der Waals surface area contributed by atoms with Crippen LogP contribution in [0.4, 0.5) is 14.5 Å². The van der Waals surface area contributed by atoms with Gasteiger partial charge in [-0.1, -0.05) is 0 Å². The Bertz CT molecular complexity index is 1300. The third kappa shape index (κ3) is 4.28. The van der Waals surface area contributed by atoms with Crippen LogP contribution in [0.2, 0.25) is 0 Å². The number of anilines is 1. The number of amides is 1. The number of ether oxygens (including phenoxy) is 1. The highest BCUT2D eigenvalue weighted by Crippen LogP contribution is 2.46. The quantitative estimate of drug-likeness (QED) is 0.502. The SMILES string of the molecule is CC1CCc2c(ccc(-c3cnn(C4CCNCC4)c3)c2Oc2ccc(F)c(F)c2)N1C(=O)C1CC1. The van der Waals surface area contributed by atoms with E-state index in [9.17, 15) is 13.6 Å². The topological polar surface area (TPSA) is 59.4 Å². The van der Waals surface area contributed by atoms with E-state index in [-0.39, 0.29) is 23.6 Å². The van der Waals surface area contributed by atoms with Gasteiger partial charge in [0, 0.05) is 40.9 Å². The Labute approximate surface area is 209 Å². The second-order valence-corrected chi connectivity index (χ2v) is 10.2. The standard InChI is InChI=1S/C28H30F2N4O2/c1-17-2-6-23-26(34(17)28(35)18-3-4-18)9-7-22(27(23)36-21-5-8-24(29)25(30)14-21)19-15-32-33(16-19)20-10-12-31-13-11-20/h5,7-9,14-18,20,31H,2-4,6,10-13H2,1H3. The van der Waals surface area contributed by atoms with E-state index in [2.05, 4.69) is 17.3 Å². The number of hydrogen-bond acceptors (Lipinski definition) is 4. The summed E-state index contributed by atoms with van der Waals surface area (Å²) in [4.78, 5) is 15.1. The summed E-state index contributed by atoms with van der Waals surface area (Å²) in [5.41, 5.74) is 3.48. The zero-order valence-electron chi connectivity index (χ0n) is 20.3. The van der Waals surface area contributed by atoms with Crippen LogP contribution in [0, 0.1) is 17.6 Å². The number of nitrogens with one attached hydrogen (secondary N) is 1. The fourth-order valence-electron chi connectivity index (χ4n) is 5.42. The summed E-state index contributed by atoms with van der Waals surface area (Å²) in [7, 11) is 0. The summed E-state index contributed by atoms with van der Waals surface area (Å²) >= 11 is 0. The molecule has 1 aliphatic carbocycles. The molecular formula is C28H30F2N4O2. The Morgan fingerprint density at radius 1 is 1.06 bits per heavy atom. The molecule has 1 saturated heterocycles. The van der Waals surface area contributed by atoms with Crippen LogP contribution in [-0.2, 0) is 11.2 Å². The van der Waals surface area contributed by atoms with Gasteiger partial charge in [0.15, 0.2) is 11.6 Å². The molecule has 1 N–H and O–H groups in total.